The molecule has 1 aliphatic rings. The SMILES string of the molecule is CC[C@H](C)[C@@H](C(CC(O)N1CCC=C1[C@H](OC)[C@@H](C)C(N)O)OC)N(C)C(=O)[C@@H](NC(=O)C(C(C)C)N(C)Cc1cccc(NC)c1)C(C)C. The van der Waals surface area contributed by atoms with E-state index in [0.717, 1.165) is 29.8 Å². The number of nitrogens with zero attached hydrogens (tertiary/aromatic N) is 3. The van der Waals surface area contributed by atoms with E-state index in [4.69, 9.17) is 15.2 Å². The van der Waals surface area contributed by atoms with Crippen LogP contribution in [0, 0.1) is 23.7 Å². The lowest BCUT2D eigenvalue weighted by molar-refractivity contribution is -0.145. The van der Waals surface area contributed by atoms with E-state index in [9.17, 15) is 19.8 Å². The van der Waals surface area contributed by atoms with Gasteiger partial charge in [0.05, 0.1) is 18.2 Å². The lowest BCUT2D eigenvalue weighted by Crippen LogP contribution is -2.60. The number of hydrogen-bond acceptors (Lipinski definition) is 10. The summed E-state index contributed by atoms with van der Waals surface area (Å²) in [5.41, 5.74) is 8.66. The van der Waals surface area contributed by atoms with Gasteiger partial charge in [0.25, 0.3) is 0 Å². The summed E-state index contributed by atoms with van der Waals surface area (Å²) < 4.78 is 11.8. The third-order valence-electron chi connectivity index (χ3n) is 10.4. The second-order valence-corrected chi connectivity index (χ2v) is 14.7. The molecule has 2 amide bonds. The van der Waals surface area contributed by atoms with E-state index in [2.05, 4.69) is 30.5 Å². The number of aliphatic hydroxyl groups excluding tert-OH is 2. The molecule has 12 heteroatoms. The van der Waals surface area contributed by atoms with E-state index in [0.29, 0.717) is 13.1 Å². The average Bonchev–Trinajstić information content (AvgIpc) is 3.56. The molecule has 1 aliphatic heterocycles. The molecule has 0 saturated carbocycles. The molecule has 12 nitrogen and oxygen atoms in total. The van der Waals surface area contributed by atoms with Crippen LogP contribution in [-0.2, 0) is 25.6 Å². The molecule has 0 spiro atoms. The number of ether oxygens (including phenoxy) is 2. The summed E-state index contributed by atoms with van der Waals surface area (Å²) in [7, 11) is 8.77. The van der Waals surface area contributed by atoms with Gasteiger partial charge in [0, 0.05) is 65.1 Å². The number of anilines is 1. The molecule has 0 aromatic heterocycles. The zero-order valence-electron chi connectivity index (χ0n) is 32.7. The molecule has 9 atom stereocenters. The Morgan fingerprint density at radius 1 is 1.04 bits per heavy atom. The third-order valence-corrected chi connectivity index (χ3v) is 10.4. The minimum Gasteiger partial charge on any atom is -0.388 e. The Balaban J connectivity index is 2.30. The first-order valence-electron chi connectivity index (χ1n) is 18.2. The zero-order chi connectivity index (χ0) is 37.9. The highest BCUT2D eigenvalue weighted by molar-refractivity contribution is 5.90. The average molecular weight is 705 g/mol. The van der Waals surface area contributed by atoms with Crippen LogP contribution in [0.2, 0.25) is 0 Å². The molecule has 1 aromatic rings. The van der Waals surface area contributed by atoms with Gasteiger partial charge in [-0.25, -0.2) is 0 Å². The summed E-state index contributed by atoms with van der Waals surface area (Å²) in [5, 5.41) is 28.0. The molecular weight excluding hydrogens is 636 g/mol. The number of carbonyl (C=O) groups excluding carboxylic acids is 2. The monoisotopic (exact) mass is 705 g/mol. The van der Waals surface area contributed by atoms with Crippen molar-refractivity contribution in [1.82, 2.24) is 20.0 Å². The van der Waals surface area contributed by atoms with Crippen LogP contribution in [0.5, 0.6) is 0 Å². The first-order chi connectivity index (χ1) is 23.5. The first kappa shape index (κ1) is 43.4. The summed E-state index contributed by atoms with van der Waals surface area (Å²) in [6, 6.07) is 6.51. The molecule has 0 saturated heterocycles. The number of methoxy groups -OCH3 is 2. The Hall–Kier alpha value is -2.74. The number of nitrogens with two attached hydrogens (primary N) is 1. The van der Waals surface area contributed by atoms with Crippen molar-refractivity contribution in [1.29, 1.82) is 0 Å². The lowest BCUT2D eigenvalue weighted by Gasteiger charge is -2.42. The van der Waals surface area contributed by atoms with Crippen LogP contribution in [-0.4, -0.2) is 121 Å². The van der Waals surface area contributed by atoms with Gasteiger partial charge in [-0.2, -0.15) is 0 Å². The Labute approximate surface area is 301 Å². The van der Waals surface area contributed by atoms with Crippen LogP contribution >= 0.6 is 0 Å². The van der Waals surface area contributed by atoms with Crippen LogP contribution in [0.15, 0.2) is 36.0 Å². The van der Waals surface area contributed by atoms with Crippen molar-refractivity contribution in [3.05, 3.63) is 41.6 Å². The predicted octanol–water partition coefficient (Wildman–Crippen LogP) is 3.44. The minimum absolute atomic E-state index is 0.00122. The lowest BCUT2D eigenvalue weighted by atomic mass is 9.89. The molecule has 6 N–H and O–H groups in total. The van der Waals surface area contributed by atoms with Crippen molar-refractivity contribution in [2.24, 2.45) is 29.4 Å². The summed E-state index contributed by atoms with van der Waals surface area (Å²) in [4.78, 5) is 34.0. The first-order valence-corrected chi connectivity index (χ1v) is 18.2. The molecule has 0 radical (unpaired) electrons. The van der Waals surface area contributed by atoms with Crippen LogP contribution < -0.4 is 16.4 Å². The minimum atomic E-state index is -1.08. The van der Waals surface area contributed by atoms with Crippen molar-refractivity contribution in [3.63, 3.8) is 0 Å². The number of likely N-dealkylation sites (N-methyl/N-ethyl adjacent to an activating group) is 2. The molecule has 0 fully saturated rings. The van der Waals surface area contributed by atoms with Crippen molar-refractivity contribution >= 4 is 17.5 Å². The normalized spacial score (nSPS) is 19.0. The summed E-state index contributed by atoms with van der Waals surface area (Å²) in [6.45, 7) is 15.0. The molecule has 286 valence electrons. The number of amides is 2. The van der Waals surface area contributed by atoms with Crippen molar-refractivity contribution in [2.45, 2.75) is 117 Å². The Morgan fingerprint density at radius 3 is 2.22 bits per heavy atom. The van der Waals surface area contributed by atoms with Gasteiger partial charge in [-0.05, 0) is 48.9 Å². The summed E-state index contributed by atoms with van der Waals surface area (Å²) in [5.74, 6) is -0.930. The van der Waals surface area contributed by atoms with E-state index < -0.39 is 42.7 Å². The van der Waals surface area contributed by atoms with Gasteiger partial charge in [0.2, 0.25) is 11.8 Å². The highest BCUT2D eigenvalue weighted by Gasteiger charge is 2.41. The van der Waals surface area contributed by atoms with Crippen LogP contribution in [0.25, 0.3) is 0 Å². The van der Waals surface area contributed by atoms with E-state index in [1.165, 1.54) is 0 Å². The van der Waals surface area contributed by atoms with Crippen molar-refractivity contribution in [2.75, 3.05) is 47.2 Å². The van der Waals surface area contributed by atoms with Gasteiger partial charge in [0.15, 0.2) is 0 Å². The molecule has 0 bridgehead atoms. The largest absolute Gasteiger partial charge is 0.388 e. The Kier molecular flexibility index (Phi) is 17.7. The second-order valence-electron chi connectivity index (χ2n) is 14.7. The fourth-order valence-electron chi connectivity index (χ4n) is 7.27. The second kappa shape index (κ2) is 20.3. The molecule has 1 heterocycles. The Morgan fingerprint density at radius 2 is 1.70 bits per heavy atom. The van der Waals surface area contributed by atoms with Gasteiger partial charge in [-0.1, -0.05) is 73.1 Å². The fourth-order valence-corrected chi connectivity index (χ4v) is 7.27. The number of benzene rings is 1. The van der Waals surface area contributed by atoms with Crippen LogP contribution in [0.3, 0.4) is 0 Å². The molecule has 50 heavy (non-hydrogen) atoms. The van der Waals surface area contributed by atoms with Crippen LogP contribution in [0.1, 0.15) is 73.3 Å². The van der Waals surface area contributed by atoms with Gasteiger partial charge in [-0.15, -0.1) is 0 Å². The van der Waals surface area contributed by atoms with Crippen LogP contribution in [0.4, 0.5) is 5.69 Å². The smallest absolute Gasteiger partial charge is 0.245 e. The topological polar surface area (TPSA) is 153 Å². The van der Waals surface area contributed by atoms with Crippen molar-refractivity contribution < 1.29 is 29.3 Å². The highest BCUT2D eigenvalue weighted by atomic mass is 16.5. The van der Waals surface area contributed by atoms with Crippen molar-refractivity contribution in [3.8, 4) is 0 Å². The van der Waals surface area contributed by atoms with E-state index in [-0.39, 0.29) is 42.0 Å². The highest BCUT2D eigenvalue weighted by Crippen LogP contribution is 2.31. The number of hydrogen-bond donors (Lipinski definition) is 5. The maximum Gasteiger partial charge on any atom is 0.245 e. The number of carbonyl (C=O) groups is 2. The third kappa shape index (κ3) is 11.1. The molecular formula is C38H68N6O6. The maximum atomic E-state index is 14.4. The Bertz CT molecular complexity index is 1230. The van der Waals surface area contributed by atoms with Gasteiger partial charge in [0.1, 0.15) is 24.6 Å². The number of aliphatic hydroxyl groups is 2. The molecule has 2 rings (SSSR count). The maximum absolute atomic E-state index is 14.4. The number of nitrogens with one attached hydrogen (secondary N) is 2. The van der Waals surface area contributed by atoms with E-state index in [1.54, 1.807) is 26.2 Å². The molecule has 4 unspecified atom stereocenters. The molecule has 1 aromatic carbocycles. The quantitative estimate of drug-likeness (QED) is 0.120. The standard InChI is InChI=1S/C38H68N6O6/c1-13-25(6)34(30(49-11)21-31(45)44-19-15-18-29(44)35(50-12)26(7)36(39)46)43(10)38(48)32(23(2)3)41-37(47)33(24(4)5)42(9)22-27-16-14-17-28(20-27)40-8/h14,16-18,20,23-26,30-36,40,45-46H,13,15,19,21-22,39H2,1-12H3,(H,41,47)/t25-,26+,30?,31?,32-,33?,34-,35+,36?/m0/s1. The predicted molar refractivity (Wildman–Crippen MR) is 200 cm³/mol. The van der Waals surface area contributed by atoms with Gasteiger partial charge in [-0.3, -0.25) is 14.5 Å². The van der Waals surface area contributed by atoms with E-state index in [1.807, 2.05) is 82.8 Å². The number of rotatable bonds is 21. The fraction of sp³-hybridized carbons (Fsp3) is 0.737. The molecule has 0 aliphatic carbocycles. The zero-order valence-corrected chi connectivity index (χ0v) is 32.7. The summed E-state index contributed by atoms with van der Waals surface area (Å²) >= 11 is 0. The van der Waals surface area contributed by atoms with Gasteiger partial charge >= 0.3 is 0 Å². The van der Waals surface area contributed by atoms with Gasteiger partial charge < -0.3 is 45.9 Å². The summed E-state index contributed by atoms with van der Waals surface area (Å²) in [6.07, 6.45) is 0.712. The van der Waals surface area contributed by atoms with E-state index >= 15 is 0 Å².